The van der Waals surface area contributed by atoms with Gasteiger partial charge in [0.1, 0.15) is 0 Å². The molecule has 0 heterocycles. The second-order valence-electron chi connectivity index (χ2n) is 3.88. The van der Waals surface area contributed by atoms with E-state index in [0.29, 0.717) is 12.8 Å². The predicted molar refractivity (Wildman–Crippen MR) is 51.1 cm³/mol. The second-order valence-corrected chi connectivity index (χ2v) is 6.65. The van der Waals surface area contributed by atoms with Crippen LogP contribution in [0.5, 0.6) is 0 Å². The van der Waals surface area contributed by atoms with Gasteiger partial charge in [-0.1, -0.05) is 19.3 Å². The van der Waals surface area contributed by atoms with Gasteiger partial charge in [0.15, 0.2) is 0 Å². The Labute approximate surface area is 82.9 Å². The van der Waals surface area contributed by atoms with Gasteiger partial charge in [0, 0.05) is 16.1 Å². The highest BCUT2D eigenvalue weighted by Crippen LogP contribution is 2.38. The summed E-state index contributed by atoms with van der Waals surface area (Å²) in [6.07, 6.45) is 4.20. The molecule has 2 nitrogen and oxygen atoms in total. The third-order valence-electron chi connectivity index (χ3n) is 2.68. The van der Waals surface area contributed by atoms with Gasteiger partial charge in [-0.2, -0.15) is 0 Å². The van der Waals surface area contributed by atoms with Crippen LogP contribution in [-0.2, 0) is 9.05 Å². The summed E-state index contributed by atoms with van der Waals surface area (Å²) in [5, 5.41) is 0. The molecule has 0 spiro atoms. The highest BCUT2D eigenvalue weighted by Gasteiger charge is 2.36. The number of halogens is 2. The van der Waals surface area contributed by atoms with Crippen LogP contribution in [0, 0.1) is 5.41 Å². The monoisotopic (exact) mass is 228 g/mol. The Morgan fingerprint density at radius 2 is 1.77 bits per heavy atom. The van der Waals surface area contributed by atoms with E-state index in [1.807, 2.05) is 0 Å². The molecule has 0 aromatic heterocycles. The second kappa shape index (κ2) is 4.13. The van der Waals surface area contributed by atoms with Crippen molar-refractivity contribution in [3.05, 3.63) is 0 Å². The first-order chi connectivity index (χ1) is 5.97. The van der Waals surface area contributed by atoms with Gasteiger partial charge in [0.05, 0.1) is 12.4 Å². The predicted octanol–water partition coefficient (Wildman–Crippen LogP) is 2.48. The summed E-state index contributed by atoms with van der Waals surface area (Å²) < 4.78 is 34.5. The van der Waals surface area contributed by atoms with E-state index in [4.69, 9.17) is 10.7 Å². The van der Waals surface area contributed by atoms with E-state index in [9.17, 15) is 12.8 Å². The maximum absolute atomic E-state index is 12.7. The maximum atomic E-state index is 12.7. The van der Waals surface area contributed by atoms with Crippen molar-refractivity contribution >= 4 is 19.7 Å². The van der Waals surface area contributed by atoms with Crippen molar-refractivity contribution in [1.29, 1.82) is 0 Å². The van der Waals surface area contributed by atoms with Gasteiger partial charge in [-0.3, -0.25) is 4.39 Å². The van der Waals surface area contributed by atoms with Crippen LogP contribution < -0.4 is 0 Å². The van der Waals surface area contributed by atoms with E-state index >= 15 is 0 Å². The lowest BCUT2D eigenvalue weighted by Crippen LogP contribution is -2.33. The topological polar surface area (TPSA) is 34.1 Å². The van der Waals surface area contributed by atoms with Crippen molar-refractivity contribution in [3.63, 3.8) is 0 Å². The molecule has 0 atom stereocenters. The molecule has 5 heteroatoms. The summed E-state index contributed by atoms with van der Waals surface area (Å²) in [6, 6.07) is 0. The zero-order valence-corrected chi connectivity index (χ0v) is 9.00. The van der Waals surface area contributed by atoms with Crippen LogP contribution in [0.2, 0.25) is 0 Å². The van der Waals surface area contributed by atoms with Crippen molar-refractivity contribution in [2.24, 2.45) is 5.41 Å². The standard InChI is InChI=1S/C8H14ClFO2S/c9-13(11,12)7-8(6-10)4-2-1-3-5-8/h1-7H2. The van der Waals surface area contributed by atoms with Crippen LogP contribution in [0.1, 0.15) is 32.1 Å². The highest BCUT2D eigenvalue weighted by atomic mass is 35.7. The summed E-state index contributed by atoms with van der Waals surface area (Å²) in [5.41, 5.74) is -0.682. The molecule has 0 N–H and O–H groups in total. The summed E-state index contributed by atoms with van der Waals surface area (Å²) in [7, 11) is 1.58. The van der Waals surface area contributed by atoms with E-state index in [1.165, 1.54) is 0 Å². The molecule has 0 aromatic carbocycles. The zero-order valence-electron chi connectivity index (χ0n) is 7.43. The summed E-state index contributed by atoms with van der Waals surface area (Å²) in [6.45, 7) is -0.570. The average molecular weight is 229 g/mol. The fourth-order valence-electron chi connectivity index (χ4n) is 1.98. The van der Waals surface area contributed by atoms with Crippen LogP contribution in [0.25, 0.3) is 0 Å². The number of hydrogen-bond acceptors (Lipinski definition) is 2. The molecular formula is C8H14ClFO2S. The summed E-state index contributed by atoms with van der Waals surface area (Å²) in [4.78, 5) is 0. The van der Waals surface area contributed by atoms with E-state index in [1.54, 1.807) is 0 Å². The zero-order chi connectivity index (χ0) is 9.95. The van der Waals surface area contributed by atoms with Crippen LogP contribution in [0.3, 0.4) is 0 Å². The van der Waals surface area contributed by atoms with Crippen molar-refractivity contribution in [1.82, 2.24) is 0 Å². The average Bonchev–Trinajstić information content (AvgIpc) is 2.03. The lowest BCUT2D eigenvalue weighted by molar-refractivity contribution is 0.165. The van der Waals surface area contributed by atoms with Crippen LogP contribution in [0.4, 0.5) is 4.39 Å². The molecule has 78 valence electrons. The Bertz CT molecular complexity index is 257. The Kier molecular flexibility index (Phi) is 3.57. The number of hydrogen-bond donors (Lipinski definition) is 0. The Morgan fingerprint density at radius 3 is 2.15 bits per heavy atom. The van der Waals surface area contributed by atoms with Gasteiger partial charge in [0.2, 0.25) is 9.05 Å². The highest BCUT2D eigenvalue weighted by molar-refractivity contribution is 8.13. The molecule has 0 aromatic rings. The van der Waals surface area contributed by atoms with Crippen molar-refractivity contribution < 1.29 is 12.8 Å². The fraction of sp³-hybridized carbons (Fsp3) is 1.00. The molecule has 0 saturated heterocycles. The van der Waals surface area contributed by atoms with Gasteiger partial charge >= 0.3 is 0 Å². The summed E-state index contributed by atoms with van der Waals surface area (Å²) in [5.74, 6) is -0.210. The molecule has 1 fully saturated rings. The summed E-state index contributed by atoms with van der Waals surface area (Å²) >= 11 is 0. The fourth-order valence-corrected chi connectivity index (χ4v) is 3.78. The van der Waals surface area contributed by atoms with Crippen LogP contribution in [0.15, 0.2) is 0 Å². The molecular weight excluding hydrogens is 215 g/mol. The van der Waals surface area contributed by atoms with Crippen molar-refractivity contribution in [3.8, 4) is 0 Å². The molecule has 0 radical (unpaired) electrons. The molecule has 0 unspecified atom stereocenters. The lowest BCUT2D eigenvalue weighted by atomic mass is 9.77. The largest absolute Gasteiger partial charge is 0.250 e. The first kappa shape index (κ1) is 11.2. The third-order valence-corrected chi connectivity index (χ3v) is 3.96. The minimum absolute atomic E-state index is 0.210. The smallest absolute Gasteiger partial charge is 0.233 e. The van der Waals surface area contributed by atoms with Gasteiger partial charge in [0.25, 0.3) is 0 Å². The lowest BCUT2D eigenvalue weighted by Gasteiger charge is -2.33. The minimum atomic E-state index is -3.56. The normalized spacial score (nSPS) is 22.9. The molecule has 0 aliphatic heterocycles. The Morgan fingerprint density at radius 1 is 1.23 bits per heavy atom. The van der Waals surface area contributed by atoms with Crippen LogP contribution >= 0.6 is 10.7 Å². The van der Waals surface area contributed by atoms with Gasteiger partial charge < -0.3 is 0 Å². The maximum Gasteiger partial charge on any atom is 0.233 e. The first-order valence-corrected chi connectivity index (χ1v) is 6.94. The van der Waals surface area contributed by atoms with E-state index < -0.39 is 21.1 Å². The van der Waals surface area contributed by atoms with Gasteiger partial charge in [-0.05, 0) is 12.8 Å². The quantitative estimate of drug-likeness (QED) is 0.696. The number of alkyl halides is 1. The third kappa shape index (κ3) is 3.43. The number of rotatable bonds is 3. The van der Waals surface area contributed by atoms with E-state index in [2.05, 4.69) is 0 Å². The molecule has 0 bridgehead atoms. The van der Waals surface area contributed by atoms with E-state index in [-0.39, 0.29) is 5.75 Å². The molecule has 13 heavy (non-hydrogen) atoms. The Hall–Kier alpha value is 0.170. The molecule has 1 rings (SSSR count). The van der Waals surface area contributed by atoms with Crippen LogP contribution in [-0.4, -0.2) is 20.8 Å². The van der Waals surface area contributed by atoms with Crippen molar-refractivity contribution in [2.45, 2.75) is 32.1 Å². The molecule has 1 saturated carbocycles. The minimum Gasteiger partial charge on any atom is -0.250 e. The molecule has 0 amide bonds. The van der Waals surface area contributed by atoms with Gasteiger partial charge in [-0.15, -0.1) is 0 Å². The first-order valence-electron chi connectivity index (χ1n) is 4.46. The van der Waals surface area contributed by atoms with Gasteiger partial charge in [-0.25, -0.2) is 8.42 Å². The molecule has 1 aliphatic rings. The van der Waals surface area contributed by atoms with E-state index in [0.717, 1.165) is 19.3 Å². The van der Waals surface area contributed by atoms with Crippen molar-refractivity contribution in [2.75, 3.05) is 12.4 Å². The molecule has 1 aliphatic carbocycles. The Balaban J connectivity index is 2.68. The SMILES string of the molecule is O=S(=O)(Cl)CC1(CF)CCCCC1.